The fraction of sp³-hybridized carbons (Fsp3) is 0.167. The van der Waals surface area contributed by atoms with E-state index < -0.39 is 5.97 Å². The van der Waals surface area contributed by atoms with E-state index in [1.165, 1.54) is 0 Å². The highest BCUT2D eigenvalue weighted by Crippen LogP contribution is 2.06. The molecule has 0 N–H and O–H groups in total. The van der Waals surface area contributed by atoms with Gasteiger partial charge in [-0.3, -0.25) is 0 Å². The van der Waals surface area contributed by atoms with Crippen molar-refractivity contribution in [2.24, 2.45) is 0 Å². The minimum absolute atomic E-state index is 0.214. The summed E-state index contributed by atoms with van der Waals surface area (Å²) >= 11 is 0. The summed E-state index contributed by atoms with van der Waals surface area (Å²) in [6, 6.07) is 7.51. The lowest BCUT2D eigenvalue weighted by Crippen LogP contribution is -2.06. The van der Waals surface area contributed by atoms with Gasteiger partial charge in [-0.1, -0.05) is 36.9 Å². The Balaban J connectivity index is 2.48. The molecule has 0 aliphatic carbocycles. The molecule has 0 aliphatic rings. The molecule has 1 aromatic rings. The second-order valence-electron chi connectivity index (χ2n) is 2.92. The molecule has 0 heterocycles. The van der Waals surface area contributed by atoms with Crippen LogP contribution < -0.4 is 0 Å². The Kier molecular flexibility index (Phi) is 4.11. The van der Waals surface area contributed by atoms with E-state index in [9.17, 15) is 4.79 Å². The molecule has 0 spiro atoms. The molecule has 3 heteroatoms. The number of ether oxygens (including phenoxy) is 1. The summed E-state index contributed by atoms with van der Waals surface area (Å²) in [4.78, 5) is 13.8. The lowest BCUT2D eigenvalue weighted by molar-refractivity contribution is -0.142. The van der Waals surface area contributed by atoms with Crippen LogP contribution in [0.3, 0.4) is 0 Å². The van der Waals surface area contributed by atoms with Crippen LogP contribution in [0, 0.1) is 6.57 Å². The molecule has 0 saturated carbocycles. The molecule has 0 unspecified atom stereocenters. The molecule has 0 amide bonds. The van der Waals surface area contributed by atoms with Crippen molar-refractivity contribution in [2.45, 2.75) is 6.61 Å². The molecule has 1 rings (SSSR count). The molecule has 0 aliphatic heterocycles. The number of carbonyl (C=O) groups is 1. The fourth-order valence-electron chi connectivity index (χ4n) is 1.02. The van der Waals surface area contributed by atoms with Crippen LogP contribution >= 0.6 is 0 Å². The maximum Gasteiger partial charge on any atom is 0.387 e. The van der Waals surface area contributed by atoms with Gasteiger partial charge in [-0.25, -0.2) is 11.4 Å². The summed E-state index contributed by atoms with van der Waals surface area (Å²) in [5.41, 5.74) is 1.92. The van der Waals surface area contributed by atoms with E-state index in [1.54, 1.807) is 6.08 Å². The fourth-order valence-corrected chi connectivity index (χ4v) is 1.02. The van der Waals surface area contributed by atoms with Crippen LogP contribution in [0.2, 0.25) is 0 Å². The van der Waals surface area contributed by atoms with E-state index in [4.69, 9.17) is 11.3 Å². The SMILES string of the molecule is [C-]#[N+]CC(=O)OCc1ccc(C=C)cc1. The van der Waals surface area contributed by atoms with Crippen molar-refractivity contribution in [2.75, 3.05) is 6.54 Å². The van der Waals surface area contributed by atoms with Gasteiger partial charge in [0.05, 0.1) is 0 Å². The molecule has 3 nitrogen and oxygen atoms in total. The topological polar surface area (TPSA) is 30.7 Å². The summed E-state index contributed by atoms with van der Waals surface area (Å²) < 4.78 is 4.86. The van der Waals surface area contributed by atoms with Crippen molar-refractivity contribution in [1.82, 2.24) is 0 Å². The van der Waals surface area contributed by atoms with Crippen LogP contribution in [-0.2, 0) is 16.1 Å². The Morgan fingerprint density at radius 3 is 2.67 bits per heavy atom. The molecular formula is C12H11NO2. The zero-order valence-electron chi connectivity index (χ0n) is 8.27. The van der Waals surface area contributed by atoms with Crippen LogP contribution in [0.1, 0.15) is 11.1 Å². The normalized spacial score (nSPS) is 9.00. The van der Waals surface area contributed by atoms with E-state index in [-0.39, 0.29) is 13.2 Å². The van der Waals surface area contributed by atoms with Crippen LogP contribution in [0.5, 0.6) is 0 Å². The van der Waals surface area contributed by atoms with Crippen LogP contribution in [0.4, 0.5) is 0 Å². The molecule has 0 atom stereocenters. The van der Waals surface area contributed by atoms with Crippen molar-refractivity contribution in [3.05, 3.63) is 53.4 Å². The Hall–Kier alpha value is -2.08. The molecule has 0 fully saturated rings. The molecule has 0 radical (unpaired) electrons. The maximum absolute atomic E-state index is 10.9. The highest BCUT2D eigenvalue weighted by molar-refractivity contribution is 5.73. The van der Waals surface area contributed by atoms with Crippen molar-refractivity contribution >= 4 is 12.0 Å². The Bertz CT molecular complexity index is 387. The van der Waals surface area contributed by atoms with E-state index in [1.807, 2.05) is 24.3 Å². The molecule has 0 bridgehead atoms. The Morgan fingerprint density at radius 2 is 2.13 bits per heavy atom. The van der Waals surface area contributed by atoms with Crippen LogP contribution in [-0.4, -0.2) is 12.5 Å². The Labute approximate surface area is 88.8 Å². The zero-order chi connectivity index (χ0) is 11.1. The lowest BCUT2D eigenvalue weighted by atomic mass is 10.1. The first-order valence-electron chi connectivity index (χ1n) is 4.46. The van der Waals surface area contributed by atoms with Crippen LogP contribution in [0.15, 0.2) is 30.8 Å². The molecule has 1 aromatic carbocycles. The van der Waals surface area contributed by atoms with Crippen LogP contribution in [0.25, 0.3) is 10.9 Å². The van der Waals surface area contributed by atoms with Gasteiger partial charge < -0.3 is 9.58 Å². The summed E-state index contributed by atoms with van der Waals surface area (Å²) in [6.07, 6.45) is 1.74. The third-order valence-corrected chi connectivity index (χ3v) is 1.82. The van der Waals surface area contributed by atoms with Crippen molar-refractivity contribution < 1.29 is 9.53 Å². The van der Waals surface area contributed by atoms with Crippen molar-refractivity contribution in [3.63, 3.8) is 0 Å². The number of nitrogens with zero attached hydrogens (tertiary/aromatic N) is 1. The van der Waals surface area contributed by atoms with Gasteiger partial charge in [0.25, 0.3) is 0 Å². The number of esters is 1. The second-order valence-corrected chi connectivity index (χ2v) is 2.92. The summed E-state index contributed by atoms with van der Waals surface area (Å²) in [7, 11) is 0. The third kappa shape index (κ3) is 3.65. The molecular weight excluding hydrogens is 190 g/mol. The van der Waals surface area contributed by atoms with E-state index in [2.05, 4.69) is 11.4 Å². The first-order valence-corrected chi connectivity index (χ1v) is 4.46. The number of benzene rings is 1. The van der Waals surface area contributed by atoms with Gasteiger partial charge in [0.2, 0.25) is 0 Å². The minimum Gasteiger partial charge on any atom is -0.455 e. The number of hydrogen-bond acceptors (Lipinski definition) is 2. The quantitative estimate of drug-likeness (QED) is 0.552. The highest BCUT2D eigenvalue weighted by Gasteiger charge is 2.04. The minimum atomic E-state index is -0.488. The predicted molar refractivity (Wildman–Crippen MR) is 57.8 cm³/mol. The van der Waals surface area contributed by atoms with Gasteiger partial charge in [0.1, 0.15) is 6.61 Å². The van der Waals surface area contributed by atoms with Gasteiger partial charge in [0, 0.05) is 0 Å². The number of rotatable bonds is 4. The van der Waals surface area contributed by atoms with Crippen molar-refractivity contribution in [3.8, 4) is 0 Å². The zero-order valence-corrected chi connectivity index (χ0v) is 8.27. The predicted octanol–water partition coefficient (Wildman–Crippen LogP) is 2.29. The highest BCUT2D eigenvalue weighted by atomic mass is 16.5. The summed E-state index contributed by atoms with van der Waals surface area (Å²) in [5, 5.41) is 0. The van der Waals surface area contributed by atoms with Gasteiger partial charge in [0.15, 0.2) is 0 Å². The largest absolute Gasteiger partial charge is 0.455 e. The molecule has 76 valence electrons. The monoisotopic (exact) mass is 201 g/mol. The van der Waals surface area contributed by atoms with Gasteiger partial charge in [-0.15, -0.1) is 0 Å². The van der Waals surface area contributed by atoms with Gasteiger partial charge in [-0.2, -0.15) is 0 Å². The summed E-state index contributed by atoms with van der Waals surface area (Å²) in [6.45, 7) is 10.1. The first-order chi connectivity index (χ1) is 7.26. The molecule has 0 aromatic heterocycles. The van der Waals surface area contributed by atoms with Gasteiger partial charge >= 0.3 is 12.5 Å². The maximum atomic E-state index is 10.9. The first kappa shape index (κ1) is 11.0. The second kappa shape index (κ2) is 5.61. The standard InChI is InChI=1S/C12H11NO2/c1-3-10-4-6-11(7-5-10)9-15-12(14)8-13-2/h3-7H,1,8-9H2. The average molecular weight is 201 g/mol. The Morgan fingerprint density at radius 1 is 1.47 bits per heavy atom. The summed E-state index contributed by atoms with van der Waals surface area (Å²) in [5.74, 6) is -0.488. The third-order valence-electron chi connectivity index (χ3n) is 1.82. The average Bonchev–Trinajstić information content (AvgIpc) is 2.27. The van der Waals surface area contributed by atoms with E-state index in [0.29, 0.717) is 0 Å². The lowest BCUT2D eigenvalue weighted by Gasteiger charge is -2.01. The molecule has 15 heavy (non-hydrogen) atoms. The van der Waals surface area contributed by atoms with E-state index in [0.717, 1.165) is 11.1 Å². The smallest absolute Gasteiger partial charge is 0.387 e. The van der Waals surface area contributed by atoms with E-state index >= 15 is 0 Å². The number of carbonyl (C=O) groups excluding carboxylic acids is 1. The number of hydrogen-bond donors (Lipinski definition) is 0. The van der Waals surface area contributed by atoms with Gasteiger partial charge in [-0.05, 0) is 11.1 Å². The molecule has 0 saturated heterocycles. The van der Waals surface area contributed by atoms with Crippen molar-refractivity contribution in [1.29, 1.82) is 0 Å².